The van der Waals surface area contributed by atoms with Gasteiger partial charge in [-0.1, -0.05) is 137 Å². The summed E-state index contributed by atoms with van der Waals surface area (Å²) in [4.78, 5) is 2.55. The van der Waals surface area contributed by atoms with Gasteiger partial charge in [0.2, 0.25) is 0 Å². The highest BCUT2D eigenvalue weighted by Gasteiger charge is 2.40. The Morgan fingerprint density at radius 3 is 2.02 bits per heavy atom. The molecule has 55 heavy (non-hydrogen) atoms. The van der Waals surface area contributed by atoms with Crippen LogP contribution < -0.4 is 4.90 Å². The molecule has 3 saturated carbocycles. The quantitative estimate of drug-likeness (QED) is 0.166. The number of rotatable bonds is 6. The molecule has 7 aromatic carbocycles. The molecule has 2 bridgehead atoms. The molecule has 1 nitrogen and oxygen atoms in total. The first-order valence-corrected chi connectivity index (χ1v) is 21.2. The second kappa shape index (κ2) is 13.0. The largest absolute Gasteiger partial charge is 0.310 e. The molecule has 1 heteroatoms. The van der Waals surface area contributed by atoms with Gasteiger partial charge >= 0.3 is 0 Å². The lowest BCUT2D eigenvalue weighted by Gasteiger charge is -2.30. The molecule has 3 unspecified atom stereocenters. The van der Waals surface area contributed by atoms with Crippen LogP contribution in [0.1, 0.15) is 106 Å². The first kappa shape index (κ1) is 33.2. The van der Waals surface area contributed by atoms with E-state index in [2.05, 4.69) is 158 Å². The van der Waals surface area contributed by atoms with Crippen molar-refractivity contribution in [1.82, 2.24) is 0 Å². The lowest BCUT2D eigenvalue weighted by molar-refractivity contribution is 0.420. The molecule has 272 valence electrons. The SMILES string of the molecule is CC1(C)c2cc(-c3ccc4ccccc4c3)ccc2-c2ccc(N(c3ccc(C4CC5CCC4C5)cc3)c3cccc4cc(C5CCCCC5)ccc34)cc21. The molecule has 4 aliphatic rings. The fourth-order valence-electron chi connectivity index (χ4n) is 11.5. The Balaban J connectivity index is 1.01. The van der Waals surface area contributed by atoms with Crippen molar-refractivity contribution in [2.45, 2.75) is 88.9 Å². The molecule has 0 aromatic heterocycles. The summed E-state index contributed by atoms with van der Waals surface area (Å²) in [5, 5.41) is 5.24. The molecule has 0 aliphatic heterocycles. The molecule has 0 amide bonds. The van der Waals surface area contributed by atoms with Crippen LogP contribution in [-0.4, -0.2) is 0 Å². The second-order valence-corrected chi connectivity index (χ2v) is 18.0. The fourth-order valence-corrected chi connectivity index (χ4v) is 11.5. The maximum atomic E-state index is 2.55. The normalized spacial score (nSPS) is 21.2. The van der Waals surface area contributed by atoms with E-state index in [0.29, 0.717) is 5.92 Å². The van der Waals surface area contributed by atoms with Crippen molar-refractivity contribution < 1.29 is 0 Å². The van der Waals surface area contributed by atoms with E-state index < -0.39 is 0 Å². The van der Waals surface area contributed by atoms with Crippen LogP contribution >= 0.6 is 0 Å². The fraction of sp³-hybridized carbons (Fsp3) is 0.296. The molecule has 7 aromatic rings. The van der Waals surface area contributed by atoms with Gasteiger partial charge in [0.1, 0.15) is 0 Å². The highest BCUT2D eigenvalue weighted by atomic mass is 15.1. The van der Waals surface area contributed by atoms with E-state index in [1.54, 1.807) is 5.56 Å². The minimum Gasteiger partial charge on any atom is -0.310 e. The summed E-state index contributed by atoms with van der Waals surface area (Å²) in [6, 6.07) is 54.0. The number of fused-ring (bicyclic) bond motifs is 7. The Morgan fingerprint density at radius 1 is 0.509 bits per heavy atom. The summed E-state index contributed by atoms with van der Waals surface area (Å²) in [5.41, 5.74) is 14.7. The third kappa shape index (κ3) is 5.56. The van der Waals surface area contributed by atoms with Crippen LogP contribution in [0.4, 0.5) is 17.1 Å². The summed E-state index contributed by atoms with van der Waals surface area (Å²) in [6.07, 6.45) is 12.4. The van der Waals surface area contributed by atoms with Gasteiger partial charge in [-0.2, -0.15) is 0 Å². The Hall–Kier alpha value is -5.14. The molecule has 3 atom stereocenters. The predicted molar refractivity (Wildman–Crippen MR) is 233 cm³/mol. The summed E-state index contributed by atoms with van der Waals surface area (Å²) in [7, 11) is 0. The summed E-state index contributed by atoms with van der Waals surface area (Å²) >= 11 is 0. The van der Waals surface area contributed by atoms with Crippen molar-refractivity contribution >= 4 is 38.6 Å². The average molecular weight is 714 g/mol. The standard InChI is InChI=1S/C54H51N/c1-54(2)51-33-42(41-18-17-37-11-6-7-12-39(37)31-41)22-27-48(51)49-28-25-46(34-52(49)54)55(45-23-19-38(20-24-45)50-30-35-15-16-44(50)29-35)53-14-8-13-43-32-40(21-26-47(43)53)36-9-4-3-5-10-36/h6-8,11-14,17-28,31-36,44,50H,3-5,9-10,15-16,29-30H2,1-2H3. The van der Waals surface area contributed by atoms with Gasteiger partial charge in [-0.05, 0) is 159 Å². The van der Waals surface area contributed by atoms with Crippen LogP contribution in [0.3, 0.4) is 0 Å². The maximum absolute atomic E-state index is 2.55. The zero-order chi connectivity index (χ0) is 36.7. The molecule has 11 rings (SSSR count). The van der Waals surface area contributed by atoms with Crippen LogP contribution in [0.5, 0.6) is 0 Å². The van der Waals surface area contributed by atoms with Gasteiger partial charge in [0.25, 0.3) is 0 Å². The van der Waals surface area contributed by atoms with E-state index in [-0.39, 0.29) is 5.41 Å². The van der Waals surface area contributed by atoms with Crippen molar-refractivity contribution in [3.8, 4) is 22.3 Å². The van der Waals surface area contributed by atoms with Gasteiger partial charge in [0.05, 0.1) is 5.69 Å². The van der Waals surface area contributed by atoms with Gasteiger partial charge in [0, 0.05) is 22.2 Å². The third-order valence-corrected chi connectivity index (χ3v) is 14.5. The predicted octanol–water partition coefficient (Wildman–Crippen LogP) is 15.4. The van der Waals surface area contributed by atoms with Crippen LogP contribution in [-0.2, 0) is 5.41 Å². The topological polar surface area (TPSA) is 3.24 Å². The van der Waals surface area contributed by atoms with Gasteiger partial charge in [0.15, 0.2) is 0 Å². The van der Waals surface area contributed by atoms with Crippen LogP contribution in [0, 0.1) is 11.8 Å². The molecule has 0 heterocycles. The first-order valence-electron chi connectivity index (χ1n) is 21.2. The Morgan fingerprint density at radius 2 is 1.22 bits per heavy atom. The first-order chi connectivity index (χ1) is 27.0. The highest BCUT2D eigenvalue weighted by molar-refractivity contribution is 6.00. The minimum atomic E-state index is -0.140. The summed E-state index contributed by atoms with van der Waals surface area (Å²) in [5.74, 6) is 3.25. The molecule has 0 saturated heterocycles. The van der Waals surface area contributed by atoms with E-state index >= 15 is 0 Å². The van der Waals surface area contributed by atoms with E-state index in [1.807, 2.05) is 0 Å². The number of nitrogens with zero attached hydrogens (tertiary/aromatic N) is 1. The summed E-state index contributed by atoms with van der Waals surface area (Å²) < 4.78 is 0. The van der Waals surface area contributed by atoms with E-state index in [9.17, 15) is 0 Å². The molecule has 4 aliphatic carbocycles. The minimum absolute atomic E-state index is 0.140. The monoisotopic (exact) mass is 713 g/mol. The molecule has 3 fully saturated rings. The number of hydrogen-bond acceptors (Lipinski definition) is 1. The van der Waals surface area contributed by atoms with E-state index in [1.165, 1.54) is 135 Å². The molecular weight excluding hydrogens is 663 g/mol. The van der Waals surface area contributed by atoms with Crippen molar-refractivity contribution in [3.05, 3.63) is 162 Å². The lowest BCUT2D eigenvalue weighted by Crippen LogP contribution is -2.17. The Kier molecular flexibility index (Phi) is 7.84. The van der Waals surface area contributed by atoms with Crippen LogP contribution in [0.25, 0.3) is 43.8 Å². The number of hydrogen-bond donors (Lipinski definition) is 0. The van der Waals surface area contributed by atoms with Crippen LogP contribution in [0.2, 0.25) is 0 Å². The number of anilines is 3. The molecular formula is C54H51N. The Labute approximate surface area is 327 Å². The van der Waals surface area contributed by atoms with Crippen molar-refractivity contribution in [2.24, 2.45) is 11.8 Å². The van der Waals surface area contributed by atoms with Crippen LogP contribution in [0.15, 0.2) is 140 Å². The van der Waals surface area contributed by atoms with Gasteiger partial charge in [-0.15, -0.1) is 0 Å². The lowest BCUT2D eigenvalue weighted by atomic mass is 9.81. The number of benzene rings is 7. The molecule has 0 radical (unpaired) electrons. The zero-order valence-electron chi connectivity index (χ0n) is 32.4. The third-order valence-electron chi connectivity index (χ3n) is 14.5. The van der Waals surface area contributed by atoms with Gasteiger partial charge in [-0.3, -0.25) is 0 Å². The summed E-state index contributed by atoms with van der Waals surface area (Å²) in [6.45, 7) is 4.84. The van der Waals surface area contributed by atoms with Crippen molar-refractivity contribution in [1.29, 1.82) is 0 Å². The maximum Gasteiger partial charge on any atom is 0.0540 e. The smallest absolute Gasteiger partial charge is 0.0540 e. The zero-order valence-corrected chi connectivity index (χ0v) is 32.4. The molecule has 0 N–H and O–H groups in total. The second-order valence-electron chi connectivity index (χ2n) is 18.0. The Bertz CT molecular complexity index is 2580. The highest BCUT2D eigenvalue weighted by Crippen LogP contribution is 2.54. The van der Waals surface area contributed by atoms with E-state index in [0.717, 1.165) is 17.8 Å². The average Bonchev–Trinajstić information content (AvgIpc) is 3.94. The van der Waals surface area contributed by atoms with E-state index in [4.69, 9.17) is 0 Å². The van der Waals surface area contributed by atoms with Crippen molar-refractivity contribution in [3.63, 3.8) is 0 Å². The molecule has 0 spiro atoms. The van der Waals surface area contributed by atoms with Gasteiger partial charge < -0.3 is 4.90 Å². The van der Waals surface area contributed by atoms with Crippen molar-refractivity contribution in [2.75, 3.05) is 4.90 Å². The van der Waals surface area contributed by atoms with Gasteiger partial charge in [-0.25, -0.2) is 0 Å².